The van der Waals surface area contributed by atoms with Crippen LogP contribution in [0.4, 0.5) is 0 Å². The predicted octanol–water partition coefficient (Wildman–Crippen LogP) is 4.30. The summed E-state index contributed by atoms with van der Waals surface area (Å²) in [6.45, 7) is 0. The Balaban J connectivity index is 1.95. The van der Waals surface area contributed by atoms with Crippen LogP contribution in [0.1, 0.15) is 0 Å². The molecule has 4 rings (SSSR count). The molecule has 0 unspecified atom stereocenters. The van der Waals surface area contributed by atoms with E-state index in [1.807, 2.05) is 54.6 Å². The van der Waals surface area contributed by atoms with Gasteiger partial charge in [-0.2, -0.15) is 0 Å². The molecule has 0 aliphatic rings. The molecule has 0 atom stereocenters. The Morgan fingerprint density at radius 2 is 1.50 bits per heavy atom. The van der Waals surface area contributed by atoms with Gasteiger partial charge in [-0.25, -0.2) is 4.68 Å². The van der Waals surface area contributed by atoms with Crippen LogP contribution in [0.2, 0.25) is 0 Å². The van der Waals surface area contributed by atoms with Crippen LogP contribution >= 0.6 is 12.6 Å². The van der Waals surface area contributed by atoms with Crippen molar-refractivity contribution in [1.29, 1.82) is 0 Å². The number of thiol groups is 1. The summed E-state index contributed by atoms with van der Waals surface area (Å²) in [5.74, 6) is -0.120. The van der Waals surface area contributed by atoms with E-state index in [1.165, 1.54) is 16.8 Å². The highest BCUT2D eigenvalue weighted by Gasteiger charge is 2.19. The summed E-state index contributed by atoms with van der Waals surface area (Å²) in [4.78, 5) is 0. The molecule has 4 aromatic rings. The van der Waals surface area contributed by atoms with Crippen molar-refractivity contribution < 1.29 is 10.2 Å². The molecule has 0 aliphatic heterocycles. The van der Waals surface area contributed by atoms with Crippen LogP contribution in [0.25, 0.3) is 28.1 Å². The highest BCUT2D eigenvalue weighted by molar-refractivity contribution is 7.80. The van der Waals surface area contributed by atoms with E-state index < -0.39 is 0 Å². The predicted molar refractivity (Wildman–Crippen MR) is 103 cm³/mol. The van der Waals surface area contributed by atoms with Crippen molar-refractivity contribution in [3.05, 3.63) is 72.8 Å². The monoisotopic (exact) mass is 361 g/mol. The molecule has 0 saturated carbocycles. The molecule has 5 nitrogen and oxygen atoms in total. The number of hydrogen-bond acceptors (Lipinski definition) is 5. The van der Waals surface area contributed by atoms with Gasteiger partial charge in [0.25, 0.3) is 0 Å². The van der Waals surface area contributed by atoms with Gasteiger partial charge in [0.2, 0.25) is 0 Å². The fourth-order valence-electron chi connectivity index (χ4n) is 2.93. The molecule has 1 heterocycles. The Morgan fingerprint density at radius 1 is 0.808 bits per heavy atom. The summed E-state index contributed by atoms with van der Waals surface area (Å²) in [7, 11) is 0. The van der Waals surface area contributed by atoms with Crippen molar-refractivity contribution in [2.75, 3.05) is 0 Å². The third kappa shape index (κ3) is 2.80. The van der Waals surface area contributed by atoms with Crippen LogP contribution in [-0.4, -0.2) is 25.2 Å². The number of aromatic hydroxyl groups is 2. The number of phenolic OH excluding ortho intramolecular Hbond substituents is 2. The molecule has 0 amide bonds. The number of benzene rings is 3. The third-order valence-electron chi connectivity index (χ3n) is 4.11. The summed E-state index contributed by atoms with van der Waals surface area (Å²) in [6.07, 6.45) is 0. The van der Waals surface area contributed by atoms with Crippen LogP contribution in [-0.2, 0) is 0 Å². The van der Waals surface area contributed by atoms with E-state index in [0.29, 0.717) is 16.4 Å². The zero-order chi connectivity index (χ0) is 18.1. The molecule has 2 N–H and O–H groups in total. The zero-order valence-electron chi connectivity index (χ0n) is 13.6. The smallest absolute Gasteiger partial charge is 0.145 e. The topological polar surface area (TPSA) is 71.2 Å². The molecule has 0 spiro atoms. The molecular formula is C20H15N3O2S. The minimum atomic E-state index is -0.0957. The fraction of sp³-hybridized carbons (Fsp3) is 0. The molecule has 3 aromatic carbocycles. The van der Waals surface area contributed by atoms with Gasteiger partial charge >= 0.3 is 0 Å². The SMILES string of the molecule is Oc1ccc(-n2nnc(S)c2-c2ccccc2-c2ccccc2)c(O)c1. The summed E-state index contributed by atoms with van der Waals surface area (Å²) in [6, 6.07) is 22.2. The van der Waals surface area contributed by atoms with Crippen LogP contribution in [0, 0.1) is 0 Å². The number of hydrogen-bond donors (Lipinski definition) is 3. The zero-order valence-corrected chi connectivity index (χ0v) is 14.5. The molecular weight excluding hydrogens is 346 g/mol. The summed E-state index contributed by atoms with van der Waals surface area (Å²) in [5, 5.41) is 28.4. The van der Waals surface area contributed by atoms with Crippen LogP contribution in [0.15, 0.2) is 77.8 Å². The van der Waals surface area contributed by atoms with Gasteiger partial charge in [0, 0.05) is 11.6 Å². The summed E-state index contributed by atoms with van der Waals surface area (Å²) >= 11 is 4.47. The van der Waals surface area contributed by atoms with Gasteiger partial charge in [-0.1, -0.05) is 59.8 Å². The lowest BCUT2D eigenvalue weighted by molar-refractivity contribution is 0.447. The highest BCUT2D eigenvalue weighted by atomic mass is 32.1. The Kier molecular flexibility index (Phi) is 4.10. The molecule has 0 aliphatic carbocycles. The first-order valence-corrected chi connectivity index (χ1v) is 8.41. The lowest BCUT2D eigenvalue weighted by Gasteiger charge is -2.13. The first kappa shape index (κ1) is 16.2. The molecule has 0 saturated heterocycles. The maximum atomic E-state index is 10.2. The molecule has 0 bridgehead atoms. The van der Waals surface area contributed by atoms with Crippen molar-refractivity contribution in [2.24, 2.45) is 0 Å². The molecule has 128 valence electrons. The molecule has 0 fully saturated rings. The average molecular weight is 361 g/mol. The molecule has 6 heteroatoms. The first-order chi connectivity index (χ1) is 12.6. The third-order valence-corrected chi connectivity index (χ3v) is 4.41. The largest absolute Gasteiger partial charge is 0.508 e. The van der Waals surface area contributed by atoms with Gasteiger partial charge < -0.3 is 10.2 Å². The standard InChI is InChI=1S/C20H15N3O2S/c24-14-10-11-17(18(25)12-14)23-19(20(26)21-22-23)16-9-5-4-8-15(16)13-6-2-1-3-7-13/h1-12,24-26H. The van der Waals surface area contributed by atoms with Crippen LogP contribution < -0.4 is 0 Å². The van der Waals surface area contributed by atoms with Crippen molar-refractivity contribution in [2.45, 2.75) is 5.03 Å². The second-order valence-corrected chi connectivity index (χ2v) is 6.18. The normalized spacial score (nSPS) is 10.8. The minimum Gasteiger partial charge on any atom is -0.508 e. The molecule has 0 radical (unpaired) electrons. The van der Waals surface area contributed by atoms with Gasteiger partial charge in [-0.3, -0.25) is 0 Å². The summed E-state index contributed by atoms with van der Waals surface area (Å²) in [5.41, 5.74) is 4.02. The van der Waals surface area contributed by atoms with Gasteiger partial charge in [0.1, 0.15) is 27.9 Å². The van der Waals surface area contributed by atoms with E-state index in [9.17, 15) is 10.2 Å². The Labute approximate surface area is 155 Å². The second kappa shape index (κ2) is 6.57. The Bertz CT molecular complexity index is 1080. The van der Waals surface area contributed by atoms with Crippen molar-refractivity contribution in [1.82, 2.24) is 15.0 Å². The number of phenols is 2. The maximum absolute atomic E-state index is 10.2. The van der Waals surface area contributed by atoms with E-state index in [2.05, 4.69) is 22.9 Å². The van der Waals surface area contributed by atoms with Crippen molar-refractivity contribution in [3.8, 4) is 39.6 Å². The van der Waals surface area contributed by atoms with Gasteiger partial charge in [-0.05, 0) is 23.3 Å². The number of rotatable bonds is 3. The van der Waals surface area contributed by atoms with E-state index in [1.54, 1.807) is 6.07 Å². The quantitative estimate of drug-likeness (QED) is 0.476. The summed E-state index contributed by atoms with van der Waals surface area (Å²) < 4.78 is 1.53. The van der Waals surface area contributed by atoms with E-state index >= 15 is 0 Å². The van der Waals surface area contributed by atoms with Gasteiger partial charge in [-0.15, -0.1) is 17.7 Å². The first-order valence-electron chi connectivity index (χ1n) is 7.97. The Morgan fingerprint density at radius 3 is 2.23 bits per heavy atom. The van der Waals surface area contributed by atoms with E-state index in [0.717, 1.165) is 16.7 Å². The van der Waals surface area contributed by atoms with Crippen LogP contribution in [0.3, 0.4) is 0 Å². The van der Waals surface area contributed by atoms with Crippen molar-refractivity contribution in [3.63, 3.8) is 0 Å². The van der Waals surface area contributed by atoms with Crippen molar-refractivity contribution >= 4 is 12.6 Å². The fourth-order valence-corrected chi connectivity index (χ4v) is 3.18. The van der Waals surface area contributed by atoms with Crippen LogP contribution in [0.5, 0.6) is 11.5 Å². The highest BCUT2D eigenvalue weighted by Crippen LogP contribution is 2.37. The lowest BCUT2D eigenvalue weighted by Crippen LogP contribution is -2.01. The average Bonchev–Trinajstić information content (AvgIpc) is 3.03. The molecule has 1 aromatic heterocycles. The maximum Gasteiger partial charge on any atom is 0.145 e. The van der Waals surface area contributed by atoms with E-state index in [4.69, 9.17) is 0 Å². The molecule has 26 heavy (non-hydrogen) atoms. The number of aromatic nitrogens is 3. The van der Waals surface area contributed by atoms with Gasteiger partial charge in [0.05, 0.1) is 0 Å². The second-order valence-electron chi connectivity index (χ2n) is 5.76. The van der Waals surface area contributed by atoms with E-state index in [-0.39, 0.29) is 11.5 Å². The lowest BCUT2D eigenvalue weighted by atomic mass is 9.98. The Hall–Kier alpha value is -3.25. The number of nitrogens with zero attached hydrogens (tertiary/aromatic N) is 3. The minimum absolute atomic E-state index is 0.0244. The van der Waals surface area contributed by atoms with Gasteiger partial charge in [0.15, 0.2) is 0 Å².